The second-order valence-electron chi connectivity index (χ2n) is 4.31. The normalized spacial score (nSPS) is 23.8. The van der Waals surface area contributed by atoms with Gasteiger partial charge in [0, 0.05) is 11.4 Å². The summed E-state index contributed by atoms with van der Waals surface area (Å²) in [6, 6.07) is 7.66. The number of nitrogens with zero attached hydrogens (tertiary/aromatic N) is 1. The molecule has 4 nitrogen and oxygen atoms in total. The van der Waals surface area contributed by atoms with E-state index in [4.69, 9.17) is 16.9 Å². The molecule has 0 heterocycles. The van der Waals surface area contributed by atoms with Crippen LogP contribution in [0.4, 0.5) is 0 Å². The van der Waals surface area contributed by atoms with Crippen LogP contribution in [0.1, 0.15) is 24.8 Å². The summed E-state index contributed by atoms with van der Waals surface area (Å²) < 4.78 is 26.8. The van der Waals surface area contributed by atoms with Crippen LogP contribution in [0, 0.1) is 11.3 Å². The second kappa shape index (κ2) is 5.27. The number of hydrogen-bond acceptors (Lipinski definition) is 3. The van der Waals surface area contributed by atoms with Crippen molar-refractivity contribution >= 4 is 21.6 Å². The molecule has 96 valence electrons. The van der Waals surface area contributed by atoms with Crippen LogP contribution in [0.25, 0.3) is 0 Å². The number of nitriles is 1. The maximum absolute atomic E-state index is 12.1. The Hall–Kier alpha value is -1.09. The van der Waals surface area contributed by atoms with E-state index < -0.39 is 10.0 Å². The highest BCUT2D eigenvalue weighted by Crippen LogP contribution is 2.25. The molecule has 1 saturated carbocycles. The zero-order valence-electron chi connectivity index (χ0n) is 9.64. The Kier molecular flexibility index (Phi) is 3.91. The lowest BCUT2D eigenvalue weighted by Gasteiger charge is -2.16. The lowest BCUT2D eigenvalue weighted by atomic mass is 10.2. The van der Waals surface area contributed by atoms with E-state index in [0.717, 1.165) is 19.3 Å². The molecule has 0 radical (unpaired) electrons. The van der Waals surface area contributed by atoms with Crippen molar-refractivity contribution < 1.29 is 8.42 Å². The molecular formula is C12H13ClN2O2S. The summed E-state index contributed by atoms with van der Waals surface area (Å²) in [6.45, 7) is 0. The maximum atomic E-state index is 12.1. The van der Waals surface area contributed by atoms with Crippen LogP contribution in [0.2, 0.25) is 0 Å². The summed E-state index contributed by atoms with van der Waals surface area (Å²) in [5.41, 5.74) is 0.326. The summed E-state index contributed by atoms with van der Waals surface area (Å²) in [6.07, 6.45) is 2.51. The smallest absolute Gasteiger partial charge is 0.207 e. The Morgan fingerprint density at radius 2 is 2.17 bits per heavy atom. The molecule has 0 bridgehead atoms. The molecule has 1 N–H and O–H groups in total. The summed E-state index contributed by atoms with van der Waals surface area (Å²) >= 11 is 6.05. The summed E-state index contributed by atoms with van der Waals surface area (Å²) in [4.78, 5) is 0.109. The van der Waals surface area contributed by atoms with E-state index in [1.54, 1.807) is 12.1 Å². The van der Waals surface area contributed by atoms with Crippen LogP contribution < -0.4 is 4.72 Å². The first-order valence-corrected chi connectivity index (χ1v) is 7.61. The van der Waals surface area contributed by atoms with E-state index in [2.05, 4.69) is 4.72 Å². The minimum Gasteiger partial charge on any atom is -0.207 e. The molecule has 1 aliphatic rings. The Balaban J connectivity index is 2.22. The van der Waals surface area contributed by atoms with Gasteiger partial charge in [-0.25, -0.2) is 13.1 Å². The summed E-state index contributed by atoms with van der Waals surface area (Å²) in [5.74, 6) is 0. The molecule has 2 atom stereocenters. The number of benzene rings is 1. The predicted octanol–water partition coefficient (Wildman–Crippen LogP) is 2.00. The quantitative estimate of drug-likeness (QED) is 0.863. The van der Waals surface area contributed by atoms with Crippen LogP contribution in [-0.2, 0) is 10.0 Å². The van der Waals surface area contributed by atoms with Gasteiger partial charge in [0.15, 0.2) is 0 Å². The zero-order chi connectivity index (χ0) is 13.2. The van der Waals surface area contributed by atoms with Crippen molar-refractivity contribution in [2.24, 2.45) is 0 Å². The average Bonchev–Trinajstić information content (AvgIpc) is 2.74. The van der Waals surface area contributed by atoms with E-state index in [1.165, 1.54) is 12.1 Å². The van der Waals surface area contributed by atoms with Gasteiger partial charge in [-0.1, -0.05) is 12.5 Å². The van der Waals surface area contributed by atoms with Crippen LogP contribution in [0.5, 0.6) is 0 Å². The minimum absolute atomic E-state index is 0.109. The lowest BCUT2D eigenvalue weighted by Crippen LogP contribution is -2.37. The van der Waals surface area contributed by atoms with E-state index in [-0.39, 0.29) is 16.3 Å². The van der Waals surface area contributed by atoms with Gasteiger partial charge in [-0.15, -0.1) is 11.6 Å². The number of sulfonamides is 1. The lowest BCUT2D eigenvalue weighted by molar-refractivity contribution is 0.554. The van der Waals surface area contributed by atoms with Gasteiger partial charge in [-0.05, 0) is 31.0 Å². The molecule has 1 aromatic carbocycles. The Bertz CT molecular complexity index is 580. The fourth-order valence-electron chi connectivity index (χ4n) is 2.05. The third-order valence-electron chi connectivity index (χ3n) is 3.01. The van der Waals surface area contributed by atoms with Crippen molar-refractivity contribution in [3.8, 4) is 6.07 Å². The first-order chi connectivity index (χ1) is 8.53. The molecule has 6 heteroatoms. The third-order valence-corrected chi connectivity index (χ3v) is 5.02. The highest BCUT2D eigenvalue weighted by atomic mass is 35.5. The van der Waals surface area contributed by atoms with Crippen molar-refractivity contribution in [1.82, 2.24) is 4.72 Å². The van der Waals surface area contributed by atoms with Gasteiger partial charge >= 0.3 is 0 Å². The van der Waals surface area contributed by atoms with Crippen molar-refractivity contribution in [2.45, 2.75) is 35.6 Å². The molecule has 1 aromatic rings. The Morgan fingerprint density at radius 3 is 2.78 bits per heavy atom. The van der Waals surface area contributed by atoms with Gasteiger partial charge in [-0.3, -0.25) is 0 Å². The standard InChI is InChI=1S/C12H13ClN2O2S/c13-11-5-2-6-12(11)15-18(16,17)10-4-1-3-9(7-10)8-14/h1,3-4,7,11-12,15H,2,5-6H2. The molecule has 18 heavy (non-hydrogen) atoms. The first kappa shape index (κ1) is 13.3. The molecule has 1 fully saturated rings. The highest BCUT2D eigenvalue weighted by Gasteiger charge is 2.29. The van der Waals surface area contributed by atoms with E-state index in [1.807, 2.05) is 6.07 Å². The van der Waals surface area contributed by atoms with Crippen LogP contribution in [0.15, 0.2) is 29.2 Å². The van der Waals surface area contributed by atoms with Gasteiger partial charge in [0.25, 0.3) is 0 Å². The molecular weight excluding hydrogens is 272 g/mol. The summed E-state index contributed by atoms with van der Waals surface area (Å²) in [7, 11) is -3.59. The first-order valence-electron chi connectivity index (χ1n) is 5.69. The van der Waals surface area contributed by atoms with E-state index in [0.29, 0.717) is 5.56 Å². The van der Waals surface area contributed by atoms with Gasteiger partial charge in [0.1, 0.15) is 0 Å². The maximum Gasteiger partial charge on any atom is 0.240 e. The fourth-order valence-corrected chi connectivity index (χ4v) is 3.82. The predicted molar refractivity (Wildman–Crippen MR) is 68.8 cm³/mol. The van der Waals surface area contributed by atoms with Crippen LogP contribution >= 0.6 is 11.6 Å². The number of rotatable bonds is 3. The van der Waals surface area contributed by atoms with Gasteiger partial charge in [0.2, 0.25) is 10.0 Å². The Morgan fingerprint density at radius 1 is 1.39 bits per heavy atom. The number of halogens is 1. The molecule has 0 spiro atoms. The molecule has 2 rings (SSSR count). The highest BCUT2D eigenvalue weighted by molar-refractivity contribution is 7.89. The minimum atomic E-state index is -3.59. The van der Waals surface area contributed by atoms with E-state index in [9.17, 15) is 8.42 Å². The molecule has 0 aromatic heterocycles. The van der Waals surface area contributed by atoms with Crippen molar-refractivity contribution in [2.75, 3.05) is 0 Å². The van der Waals surface area contributed by atoms with Crippen molar-refractivity contribution in [3.63, 3.8) is 0 Å². The molecule has 0 aliphatic heterocycles. The number of hydrogen-bond donors (Lipinski definition) is 1. The molecule has 0 saturated heterocycles. The third kappa shape index (κ3) is 2.83. The number of nitrogens with one attached hydrogen (secondary N) is 1. The molecule has 0 amide bonds. The topological polar surface area (TPSA) is 70.0 Å². The van der Waals surface area contributed by atoms with Crippen molar-refractivity contribution in [3.05, 3.63) is 29.8 Å². The number of alkyl halides is 1. The second-order valence-corrected chi connectivity index (χ2v) is 6.59. The fraction of sp³-hybridized carbons (Fsp3) is 0.417. The monoisotopic (exact) mass is 284 g/mol. The van der Waals surface area contributed by atoms with Crippen molar-refractivity contribution in [1.29, 1.82) is 5.26 Å². The van der Waals surface area contributed by atoms with Gasteiger partial charge in [-0.2, -0.15) is 5.26 Å². The van der Waals surface area contributed by atoms with Crippen LogP contribution in [0.3, 0.4) is 0 Å². The van der Waals surface area contributed by atoms with Gasteiger partial charge < -0.3 is 0 Å². The van der Waals surface area contributed by atoms with Crippen LogP contribution in [-0.4, -0.2) is 19.8 Å². The Labute approximate surface area is 112 Å². The SMILES string of the molecule is N#Cc1cccc(S(=O)(=O)NC2CCCC2Cl)c1. The zero-order valence-corrected chi connectivity index (χ0v) is 11.2. The van der Waals surface area contributed by atoms with E-state index >= 15 is 0 Å². The summed E-state index contributed by atoms with van der Waals surface area (Å²) in [5, 5.41) is 8.61. The molecule has 2 unspecified atom stereocenters. The van der Waals surface area contributed by atoms with Gasteiger partial charge in [0.05, 0.1) is 16.5 Å². The largest absolute Gasteiger partial charge is 0.240 e. The average molecular weight is 285 g/mol. The molecule has 1 aliphatic carbocycles.